The normalized spacial score (nSPS) is 13.0. The van der Waals surface area contributed by atoms with Gasteiger partial charge in [0.05, 0.1) is 32.8 Å². The van der Waals surface area contributed by atoms with Crippen molar-refractivity contribution in [3.05, 3.63) is 23.8 Å². The van der Waals surface area contributed by atoms with Crippen LogP contribution in [-0.4, -0.2) is 43.9 Å². The molecular formula is C17H25NO6. The third-order valence-corrected chi connectivity index (χ3v) is 3.60. The zero-order valence-corrected chi connectivity index (χ0v) is 14.5. The van der Waals surface area contributed by atoms with Gasteiger partial charge in [0.15, 0.2) is 11.5 Å². The Morgan fingerprint density at radius 1 is 1.21 bits per heavy atom. The maximum Gasteiger partial charge on any atom is 0.305 e. The first-order chi connectivity index (χ1) is 11.4. The first kappa shape index (κ1) is 19.8. The molecule has 134 valence electrons. The predicted octanol–water partition coefficient (Wildman–Crippen LogP) is 2.15. The van der Waals surface area contributed by atoms with Gasteiger partial charge < -0.3 is 24.6 Å². The van der Waals surface area contributed by atoms with Crippen molar-refractivity contribution < 1.29 is 28.9 Å². The van der Waals surface area contributed by atoms with Crippen LogP contribution in [0, 0.1) is 0 Å². The number of methoxy groups -OCH3 is 2. The largest absolute Gasteiger partial charge is 0.493 e. The van der Waals surface area contributed by atoms with Gasteiger partial charge in [0.25, 0.3) is 0 Å². The molecule has 0 fully saturated rings. The fourth-order valence-electron chi connectivity index (χ4n) is 2.07. The van der Waals surface area contributed by atoms with Gasteiger partial charge in [0, 0.05) is 0 Å². The number of nitrogens with one attached hydrogen (secondary N) is 1. The van der Waals surface area contributed by atoms with E-state index in [1.54, 1.807) is 18.2 Å². The van der Waals surface area contributed by atoms with Crippen molar-refractivity contribution in [1.82, 2.24) is 5.32 Å². The fourth-order valence-corrected chi connectivity index (χ4v) is 2.07. The molecule has 24 heavy (non-hydrogen) atoms. The number of carboxylic acid groups (broad SMARTS) is 1. The SMILES string of the molecule is CCC(C)OCC(=O)NC(CC(=O)O)c1ccc(OC)c(OC)c1. The zero-order chi connectivity index (χ0) is 18.1. The maximum atomic E-state index is 12.0. The maximum absolute atomic E-state index is 12.0. The topological polar surface area (TPSA) is 94.1 Å². The van der Waals surface area contributed by atoms with Gasteiger partial charge in [-0.15, -0.1) is 0 Å². The Balaban J connectivity index is 2.88. The minimum Gasteiger partial charge on any atom is -0.493 e. The highest BCUT2D eigenvalue weighted by molar-refractivity contribution is 5.79. The summed E-state index contributed by atoms with van der Waals surface area (Å²) in [5.41, 5.74) is 0.618. The van der Waals surface area contributed by atoms with Gasteiger partial charge in [0.1, 0.15) is 6.61 Å². The summed E-state index contributed by atoms with van der Waals surface area (Å²) < 4.78 is 15.8. The van der Waals surface area contributed by atoms with Crippen molar-refractivity contribution in [2.45, 2.75) is 38.8 Å². The van der Waals surface area contributed by atoms with E-state index in [1.165, 1.54) is 14.2 Å². The van der Waals surface area contributed by atoms with Crippen LogP contribution < -0.4 is 14.8 Å². The molecule has 0 aliphatic carbocycles. The number of benzene rings is 1. The number of carboxylic acids is 1. The van der Waals surface area contributed by atoms with Gasteiger partial charge in [-0.3, -0.25) is 9.59 Å². The highest BCUT2D eigenvalue weighted by atomic mass is 16.5. The lowest BCUT2D eigenvalue weighted by atomic mass is 10.0. The highest BCUT2D eigenvalue weighted by Crippen LogP contribution is 2.30. The summed E-state index contributed by atoms with van der Waals surface area (Å²) in [5, 5.41) is 11.8. The van der Waals surface area contributed by atoms with Crippen molar-refractivity contribution in [3.8, 4) is 11.5 Å². The van der Waals surface area contributed by atoms with E-state index < -0.39 is 12.0 Å². The fraction of sp³-hybridized carbons (Fsp3) is 0.529. The van der Waals surface area contributed by atoms with Gasteiger partial charge in [-0.2, -0.15) is 0 Å². The second-order valence-electron chi connectivity index (χ2n) is 5.36. The Kier molecular flexibility index (Phi) is 8.05. The van der Waals surface area contributed by atoms with Crippen molar-refractivity contribution in [2.24, 2.45) is 0 Å². The Morgan fingerprint density at radius 2 is 1.88 bits per heavy atom. The number of hydrogen-bond donors (Lipinski definition) is 2. The van der Waals surface area contributed by atoms with Crippen LogP contribution in [0.4, 0.5) is 0 Å². The van der Waals surface area contributed by atoms with Crippen LogP contribution in [0.3, 0.4) is 0 Å². The molecule has 1 rings (SSSR count). The second-order valence-corrected chi connectivity index (χ2v) is 5.36. The van der Waals surface area contributed by atoms with Crippen molar-refractivity contribution in [3.63, 3.8) is 0 Å². The number of aliphatic carboxylic acids is 1. The molecule has 0 saturated carbocycles. The lowest BCUT2D eigenvalue weighted by Crippen LogP contribution is -2.33. The molecule has 2 unspecified atom stereocenters. The summed E-state index contributed by atoms with van der Waals surface area (Å²) in [6.45, 7) is 3.72. The Bertz CT molecular complexity index is 560. The molecule has 7 nitrogen and oxygen atoms in total. The second kappa shape index (κ2) is 9.77. The smallest absolute Gasteiger partial charge is 0.305 e. The van der Waals surface area contributed by atoms with Crippen LogP contribution in [0.1, 0.15) is 38.3 Å². The van der Waals surface area contributed by atoms with Crippen LogP contribution in [0.2, 0.25) is 0 Å². The summed E-state index contributed by atoms with van der Waals surface area (Å²) in [6.07, 6.45) is 0.515. The summed E-state index contributed by atoms with van der Waals surface area (Å²) in [6, 6.07) is 4.34. The summed E-state index contributed by atoms with van der Waals surface area (Å²) in [4.78, 5) is 23.1. The van der Waals surface area contributed by atoms with Crippen LogP contribution in [0.25, 0.3) is 0 Å². The number of carbonyl (C=O) groups excluding carboxylic acids is 1. The number of amides is 1. The monoisotopic (exact) mass is 339 g/mol. The van der Waals surface area contributed by atoms with E-state index in [1.807, 2.05) is 13.8 Å². The average Bonchev–Trinajstić information content (AvgIpc) is 2.57. The van der Waals surface area contributed by atoms with Crippen LogP contribution in [0.15, 0.2) is 18.2 Å². The molecule has 2 atom stereocenters. The summed E-state index contributed by atoms with van der Waals surface area (Å²) in [7, 11) is 3.01. The lowest BCUT2D eigenvalue weighted by Gasteiger charge is -2.19. The molecular weight excluding hydrogens is 314 g/mol. The molecule has 2 N–H and O–H groups in total. The molecule has 0 aromatic heterocycles. The number of hydrogen-bond acceptors (Lipinski definition) is 5. The van der Waals surface area contributed by atoms with E-state index in [0.29, 0.717) is 17.1 Å². The van der Waals surface area contributed by atoms with E-state index >= 15 is 0 Å². The third-order valence-electron chi connectivity index (χ3n) is 3.60. The third kappa shape index (κ3) is 6.08. The molecule has 1 aromatic carbocycles. The Morgan fingerprint density at radius 3 is 2.42 bits per heavy atom. The minimum atomic E-state index is -1.02. The molecule has 0 saturated heterocycles. The quantitative estimate of drug-likeness (QED) is 0.678. The summed E-state index contributed by atoms with van der Waals surface area (Å²) in [5.74, 6) is -0.383. The standard InChI is InChI=1S/C17H25NO6/c1-5-11(2)24-10-16(19)18-13(9-17(20)21)12-6-7-14(22-3)15(8-12)23-4/h6-8,11,13H,5,9-10H2,1-4H3,(H,18,19)(H,20,21). The van der Waals surface area contributed by atoms with Crippen LogP contribution in [0.5, 0.6) is 11.5 Å². The molecule has 0 bridgehead atoms. The highest BCUT2D eigenvalue weighted by Gasteiger charge is 2.20. The van der Waals surface area contributed by atoms with Gasteiger partial charge in [-0.05, 0) is 31.0 Å². The number of carbonyl (C=O) groups is 2. The van der Waals surface area contributed by atoms with Gasteiger partial charge in [-0.1, -0.05) is 13.0 Å². The molecule has 0 heterocycles. The van der Waals surface area contributed by atoms with Crippen LogP contribution >= 0.6 is 0 Å². The van der Waals surface area contributed by atoms with Crippen LogP contribution in [-0.2, 0) is 14.3 Å². The molecule has 0 spiro atoms. The zero-order valence-electron chi connectivity index (χ0n) is 14.5. The molecule has 0 aliphatic heterocycles. The molecule has 1 amide bonds. The lowest BCUT2D eigenvalue weighted by molar-refractivity contribution is -0.138. The van der Waals surface area contributed by atoms with E-state index in [4.69, 9.17) is 19.3 Å². The van der Waals surface area contributed by atoms with Gasteiger partial charge in [-0.25, -0.2) is 0 Å². The number of ether oxygens (including phenoxy) is 3. The van der Waals surface area contributed by atoms with E-state index in [9.17, 15) is 9.59 Å². The Hall–Kier alpha value is -2.28. The van der Waals surface area contributed by atoms with E-state index in [-0.39, 0.29) is 25.0 Å². The average molecular weight is 339 g/mol. The predicted molar refractivity (Wildman–Crippen MR) is 88.4 cm³/mol. The molecule has 0 radical (unpaired) electrons. The van der Waals surface area contributed by atoms with E-state index in [0.717, 1.165) is 6.42 Å². The molecule has 0 aliphatic rings. The van der Waals surface area contributed by atoms with Gasteiger partial charge in [0.2, 0.25) is 5.91 Å². The first-order valence-electron chi connectivity index (χ1n) is 7.75. The Labute approximate surface area is 141 Å². The molecule has 7 heteroatoms. The number of rotatable bonds is 10. The summed E-state index contributed by atoms with van der Waals surface area (Å²) >= 11 is 0. The van der Waals surface area contributed by atoms with Crippen molar-refractivity contribution in [1.29, 1.82) is 0 Å². The van der Waals surface area contributed by atoms with E-state index in [2.05, 4.69) is 5.32 Å². The first-order valence-corrected chi connectivity index (χ1v) is 7.75. The van der Waals surface area contributed by atoms with Gasteiger partial charge >= 0.3 is 5.97 Å². The molecule has 1 aromatic rings. The van der Waals surface area contributed by atoms with Crippen molar-refractivity contribution >= 4 is 11.9 Å². The van der Waals surface area contributed by atoms with Crippen molar-refractivity contribution in [2.75, 3.05) is 20.8 Å². The minimum absolute atomic E-state index is 0.0326.